The fraction of sp³-hybridized carbons (Fsp3) is 0.519. The maximum Gasteiger partial charge on any atom is 0.389 e. The molecule has 1 aromatic heterocycles. The van der Waals surface area contributed by atoms with Gasteiger partial charge in [0.15, 0.2) is 5.78 Å². The fourth-order valence-corrected chi connectivity index (χ4v) is 8.03. The molecule has 0 saturated heterocycles. The van der Waals surface area contributed by atoms with Crippen molar-refractivity contribution in [1.29, 1.82) is 0 Å². The van der Waals surface area contributed by atoms with Crippen molar-refractivity contribution in [2.75, 3.05) is 0 Å². The first kappa shape index (κ1) is 28.0. The first-order valence-electron chi connectivity index (χ1n) is 12.8. The zero-order valence-electron chi connectivity index (χ0n) is 21.6. The third kappa shape index (κ3) is 5.20. The number of hydrogen-bond donors (Lipinski definition) is 1. The number of hydrogen-bond acceptors (Lipinski definition) is 6. The van der Waals surface area contributed by atoms with Crippen LogP contribution in [0.1, 0.15) is 57.9 Å². The summed E-state index contributed by atoms with van der Waals surface area (Å²) in [7, 11) is -3.88. The van der Waals surface area contributed by atoms with E-state index in [2.05, 4.69) is 15.3 Å². The van der Waals surface area contributed by atoms with Crippen LogP contribution in [0, 0.1) is 5.41 Å². The molecule has 1 aliphatic heterocycles. The van der Waals surface area contributed by atoms with Crippen molar-refractivity contribution in [3.05, 3.63) is 59.4 Å². The molecule has 0 unspecified atom stereocenters. The Hall–Kier alpha value is -2.50. The van der Waals surface area contributed by atoms with E-state index in [0.717, 1.165) is 5.56 Å². The molecule has 2 bridgehead atoms. The quantitative estimate of drug-likeness (QED) is 0.410. The number of benzene rings is 1. The number of carbonyl (C=O) groups is 1. The Balaban J connectivity index is 1.35. The summed E-state index contributed by atoms with van der Waals surface area (Å²) in [6, 6.07) is 9.38. The van der Waals surface area contributed by atoms with Crippen molar-refractivity contribution in [2.45, 2.75) is 87.1 Å². The monoisotopic (exact) mass is 582 g/mol. The second kappa shape index (κ2) is 9.55. The number of sulfonamides is 1. The molecule has 210 valence electrons. The van der Waals surface area contributed by atoms with Crippen molar-refractivity contribution in [1.82, 2.24) is 14.6 Å². The third-order valence-corrected chi connectivity index (χ3v) is 10.3. The van der Waals surface area contributed by atoms with Gasteiger partial charge in [0.2, 0.25) is 10.0 Å². The molecule has 3 fully saturated rings. The summed E-state index contributed by atoms with van der Waals surface area (Å²) in [6.07, 6.45) is -1.31. The van der Waals surface area contributed by atoms with Crippen LogP contribution in [0.25, 0.3) is 0 Å². The molecule has 2 heterocycles. The van der Waals surface area contributed by atoms with Crippen molar-refractivity contribution < 1.29 is 26.4 Å². The van der Waals surface area contributed by atoms with E-state index in [1.165, 1.54) is 18.5 Å². The summed E-state index contributed by atoms with van der Waals surface area (Å²) in [5.41, 5.74) is -0.941. The molecule has 12 heteroatoms. The molecule has 0 amide bonds. The van der Waals surface area contributed by atoms with E-state index >= 15 is 0 Å². The van der Waals surface area contributed by atoms with Gasteiger partial charge in [-0.2, -0.15) is 17.5 Å². The number of pyridine rings is 1. The highest BCUT2D eigenvalue weighted by Crippen LogP contribution is 2.71. The van der Waals surface area contributed by atoms with Gasteiger partial charge in [-0.1, -0.05) is 23.7 Å². The van der Waals surface area contributed by atoms with Gasteiger partial charge in [0, 0.05) is 47.8 Å². The molecule has 1 N–H and O–H groups in total. The summed E-state index contributed by atoms with van der Waals surface area (Å²) in [5, 5.41) is 3.90. The fourth-order valence-electron chi connectivity index (χ4n) is 6.18. The number of amidine groups is 1. The number of nitrogens with one attached hydrogen (secondary N) is 1. The lowest BCUT2D eigenvalue weighted by molar-refractivity contribution is -0.151. The van der Waals surface area contributed by atoms with Crippen molar-refractivity contribution in [3.63, 3.8) is 0 Å². The molecule has 39 heavy (non-hydrogen) atoms. The summed E-state index contributed by atoms with van der Waals surface area (Å²) in [6.45, 7) is 3.80. The Morgan fingerprint density at radius 1 is 1.15 bits per heavy atom. The lowest BCUT2D eigenvalue weighted by Gasteiger charge is -2.73. The minimum absolute atomic E-state index is 0.111. The van der Waals surface area contributed by atoms with E-state index in [1.807, 2.05) is 13.8 Å². The van der Waals surface area contributed by atoms with E-state index < -0.39 is 39.7 Å². The normalized spacial score (nSPS) is 27.4. The van der Waals surface area contributed by atoms with Crippen LogP contribution in [0.3, 0.4) is 0 Å². The Labute approximate surface area is 230 Å². The van der Waals surface area contributed by atoms with Crippen LogP contribution < -0.4 is 5.32 Å². The molecule has 3 saturated carbocycles. The maximum atomic E-state index is 13.8. The van der Waals surface area contributed by atoms with Gasteiger partial charge in [0.1, 0.15) is 16.8 Å². The van der Waals surface area contributed by atoms with Gasteiger partial charge in [0.05, 0.1) is 5.54 Å². The number of aliphatic imine (C=N–C) groups is 1. The van der Waals surface area contributed by atoms with Crippen molar-refractivity contribution in [2.24, 2.45) is 10.4 Å². The van der Waals surface area contributed by atoms with Crippen LogP contribution in [-0.2, 0) is 21.4 Å². The Morgan fingerprint density at radius 3 is 2.41 bits per heavy atom. The number of carbonyl (C=O) groups excluding carboxylic acids is 1. The third-order valence-electron chi connectivity index (χ3n) is 8.07. The maximum absolute atomic E-state index is 13.8. The first-order valence-corrected chi connectivity index (χ1v) is 14.6. The molecule has 7 nitrogen and oxygen atoms in total. The molecule has 1 aromatic carbocycles. The van der Waals surface area contributed by atoms with Gasteiger partial charge >= 0.3 is 6.18 Å². The predicted octanol–water partition coefficient (Wildman–Crippen LogP) is 5.30. The molecule has 6 rings (SSSR count). The molecule has 0 radical (unpaired) electrons. The number of ketones is 1. The van der Waals surface area contributed by atoms with Crippen LogP contribution in [0.15, 0.2) is 58.7 Å². The highest BCUT2D eigenvalue weighted by atomic mass is 35.5. The van der Waals surface area contributed by atoms with Crippen LogP contribution in [0.4, 0.5) is 13.2 Å². The number of Topliss-reactive ketones (excluding diaryl/α,β-unsaturated/α-hetero) is 1. The van der Waals surface area contributed by atoms with Gasteiger partial charge < -0.3 is 5.32 Å². The van der Waals surface area contributed by atoms with Gasteiger partial charge in [0.25, 0.3) is 0 Å². The molecule has 4 aliphatic rings. The second-order valence-corrected chi connectivity index (χ2v) is 13.8. The summed E-state index contributed by atoms with van der Waals surface area (Å²) < 4.78 is 66.8. The van der Waals surface area contributed by atoms with Crippen LogP contribution in [0.5, 0.6) is 0 Å². The van der Waals surface area contributed by atoms with Crippen LogP contribution in [-0.4, -0.2) is 52.6 Å². The van der Waals surface area contributed by atoms with Crippen LogP contribution in [0.2, 0.25) is 5.02 Å². The average molecular weight is 583 g/mol. The summed E-state index contributed by atoms with van der Waals surface area (Å²) in [4.78, 5) is 21.6. The largest absolute Gasteiger partial charge is 0.389 e. The summed E-state index contributed by atoms with van der Waals surface area (Å²) >= 11 is 6.03. The zero-order valence-corrected chi connectivity index (χ0v) is 23.2. The van der Waals surface area contributed by atoms with E-state index in [9.17, 15) is 26.4 Å². The molecular weight excluding hydrogens is 553 g/mol. The molecular formula is C27H30ClF3N4O3S. The average Bonchev–Trinajstić information content (AvgIpc) is 3.12. The molecule has 2 aromatic rings. The number of nitrogens with zero attached hydrogens (tertiary/aromatic N) is 3. The van der Waals surface area contributed by atoms with E-state index in [1.54, 1.807) is 34.6 Å². The number of rotatable bonds is 10. The molecule has 3 aliphatic carbocycles. The minimum Gasteiger partial charge on any atom is -0.366 e. The van der Waals surface area contributed by atoms with Crippen molar-refractivity contribution >= 4 is 33.2 Å². The van der Waals surface area contributed by atoms with E-state index in [4.69, 9.17) is 11.6 Å². The van der Waals surface area contributed by atoms with Gasteiger partial charge in [-0.15, -0.1) is 0 Å². The Bertz CT molecular complexity index is 1380. The minimum atomic E-state index is -4.30. The van der Waals surface area contributed by atoms with Crippen molar-refractivity contribution in [3.8, 4) is 0 Å². The lowest BCUT2D eigenvalue weighted by Crippen LogP contribution is -2.78. The number of halogens is 4. The number of aromatic nitrogens is 1. The smallest absolute Gasteiger partial charge is 0.366 e. The first-order chi connectivity index (χ1) is 18.2. The van der Waals surface area contributed by atoms with Gasteiger partial charge in [-0.3, -0.25) is 14.8 Å². The highest BCUT2D eigenvalue weighted by Gasteiger charge is 2.75. The SMILES string of the molecule is CC1(C)NC(C23CC(N(Cc4ccc(Cl)cc4)S(=O)(=O)c4cccnc4)(C2)C3)=N[C@H]1C(=O)CCCC(F)(F)F. The summed E-state index contributed by atoms with van der Waals surface area (Å²) in [5.74, 6) is 0.324. The zero-order chi connectivity index (χ0) is 28.3. The second-order valence-electron chi connectivity index (χ2n) is 11.5. The van der Waals surface area contributed by atoms with Gasteiger partial charge in [-0.25, -0.2) is 8.42 Å². The standard InChI is InChI=1S/C27H30ClF3N4O3S/c1-24(2)22(21(36)6-3-11-27(29,30)31)33-23(34-24)25-15-26(16-25,17-25)35(14-18-7-9-19(28)10-8-18)39(37,38)20-5-4-12-32-13-20/h4-5,7-10,12-13,22H,3,6,11,14-17H2,1-2H3,(H,33,34)/t22-,25?,26?/m0/s1. The van der Waals surface area contributed by atoms with Crippen LogP contribution >= 0.6 is 11.6 Å². The lowest BCUT2D eigenvalue weighted by atomic mass is 9.38. The highest BCUT2D eigenvalue weighted by molar-refractivity contribution is 7.89. The Kier molecular flexibility index (Phi) is 6.87. The number of alkyl halides is 3. The van der Waals surface area contributed by atoms with E-state index in [-0.39, 0.29) is 35.5 Å². The molecule has 0 spiro atoms. The Morgan fingerprint density at radius 2 is 1.82 bits per heavy atom. The topological polar surface area (TPSA) is 91.7 Å². The molecule has 1 atom stereocenters. The van der Waals surface area contributed by atoms with E-state index in [0.29, 0.717) is 30.1 Å². The predicted molar refractivity (Wildman–Crippen MR) is 141 cm³/mol. The van der Waals surface area contributed by atoms with Gasteiger partial charge in [-0.05, 0) is 69.4 Å².